The van der Waals surface area contributed by atoms with E-state index in [9.17, 15) is 14.4 Å². The second-order valence-electron chi connectivity index (χ2n) is 4.37. The number of hydrogen-bond acceptors (Lipinski definition) is 2. The van der Waals surface area contributed by atoms with Crippen LogP contribution in [0.2, 0.25) is 0 Å². The Kier molecular flexibility index (Phi) is 3.81. The third-order valence-electron chi connectivity index (χ3n) is 3.24. The maximum absolute atomic E-state index is 12.9. The van der Waals surface area contributed by atoms with Crippen LogP contribution in [0.3, 0.4) is 0 Å². The van der Waals surface area contributed by atoms with Gasteiger partial charge in [0, 0.05) is 13.1 Å². The number of piperidine rings is 1. The Bertz CT molecular complexity index is 548. The highest BCUT2D eigenvalue weighted by Crippen LogP contribution is 2.26. The van der Waals surface area contributed by atoms with Gasteiger partial charge in [-0.2, -0.15) is 5.26 Å². The summed E-state index contributed by atoms with van der Waals surface area (Å²) in [4.78, 5) is 12.1. The lowest BCUT2D eigenvalue weighted by Gasteiger charge is -2.26. The van der Waals surface area contributed by atoms with Crippen LogP contribution in [0.25, 0.3) is 5.57 Å². The molecule has 0 aliphatic carbocycles. The normalized spacial score (nSPS) is 14.9. The SMILES string of the molecule is N#CC(=C1CCN(C(=O)O)CC1)c1ccc(F)cc1. The molecule has 1 saturated heterocycles. The summed E-state index contributed by atoms with van der Waals surface area (Å²) in [5, 5.41) is 18.1. The summed E-state index contributed by atoms with van der Waals surface area (Å²) in [5.41, 5.74) is 2.15. The Labute approximate surface area is 110 Å². The molecule has 4 nitrogen and oxygen atoms in total. The Balaban J connectivity index is 2.23. The second kappa shape index (κ2) is 5.53. The predicted molar refractivity (Wildman–Crippen MR) is 67.8 cm³/mol. The first-order valence-electron chi connectivity index (χ1n) is 5.97. The van der Waals surface area contributed by atoms with Crippen molar-refractivity contribution in [2.75, 3.05) is 13.1 Å². The molecule has 1 aromatic rings. The maximum atomic E-state index is 12.9. The predicted octanol–water partition coefficient (Wildman–Crippen LogP) is 2.88. The quantitative estimate of drug-likeness (QED) is 0.789. The zero-order chi connectivity index (χ0) is 13.8. The molecule has 1 fully saturated rings. The summed E-state index contributed by atoms with van der Waals surface area (Å²) in [7, 11) is 0. The van der Waals surface area contributed by atoms with Gasteiger partial charge in [-0.25, -0.2) is 9.18 Å². The average molecular weight is 260 g/mol. The molecule has 98 valence electrons. The van der Waals surface area contributed by atoms with Gasteiger partial charge in [-0.3, -0.25) is 0 Å². The highest BCUT2D eigenvalue weighted by Gasteiger charge is 2.20. The van der Waals surface area contributed by atoms with Crippen molar-refractivity contribution >= 4 is 11.7 Å². The van der Waals surface area contributed by atoms with Gasteiger partial charge in [-0.05, 0) is 36.1 Å². The van der Waals surface area contributed by atoms with Crippen molar-refractivity contribution in [2.45, 2.75) is 12.8 Å². The lowest BCUT2D eigenvalue weighted by Crippen LogP contribution is -2.35. The van der Waals surface area contributed by atoms with Crippen molar-refractivity contribution in [3.05, 3.63) is 41.2 Å². The average Bonchev–Trinajstić information content (AvgIpc) is 2.42. The molecule has 0 atom stereocenters. The number of allylic oxidation sites excluding steroid dienone is 1. The van der Waals surface area contributed by atoms with E-state index in [1.807, 2.05) is 0 Å². The molecule has 0 unspecified atom stereocenters. The first kappa shape index (κ1) is 13.1. The van der Waals surface area contributed by atoms with Crippen LogP contribution in [0.1, 0.15) is 18.4 Å². The van der Waals surface area contributed by atoms with E-state index in [1.165, 1.54) is 17.0 Å². The van der Waals surface area contributed by atoms with E-state index in [0.717, 1.165) is 5.57 Å². The van der Waals surface area contributed by atoms with Gasteiger partial charge in [0.2, 0.25) is 0 Å². The molecule has 5 heteroatoms. The summed E-state index contributed by atoms with van der Waals surface area (Å²) in [5.74, 6) is -0.341. The van der Waals surface area contributed by atoms with Crippen LogP contribution < -0.4 is 0 Å². The lowest BCUT2D eigenvalue weighted by molar-refractivity contribution is 0.142. The van der Waals surface area contributed by atoms with E-state index >= 15 is 0 Å². The van der Waals surface area contributed by atoms with Gasteiger partial charge in [0.15, 0.2) is 0 Å². The van der Waals surface area contributed by atoms with E-state index in [1.54, 1.807) is 12.1 Å². The van der Waals surface area contributed by atoms with Gasteiger partial charge in [-0.1, -0.05) is 12.1 Å². The minimum absolute atomic E-state index is 0.341. The van der Waals surface area contributed by atoms with Crippen molar-refractivity contribution in [3.63, 3.8) is 0 Å². The van der Waals surface area contributed by atoms with Gasteiger partial charge < -0.3 is 10.0 Å². The maximum Gasteiger partial charge on any atom is 0.407 e. The van der Waals surface area contributed by atoms with Gasteiger partial charge >= 0.3 is 6.09 Å². The van der Waals surface area contributed by atoms with Crippen molar-refractivity contribution in [1.82, 2.24) is 4.90 Å². The molecule has 1 heterocycles. The van der Waals surface area contributed by atoms with Crippen LogP contribution in [0.15, 0.2) is 29.8 Å². The molecule has 1 amide bonds. The van der Waals surface area contributed by atoms with E-state index < -0.39 is 6.09 Å². The molecular formula is C14H13FN2O2. The highest BCUT2D eigenvalue weighted by molar-refractivity contribution is 5.79. The Morgan fingerprint density at radius 1 is 1.26 bits per heavy atom. The molecule has 1 N–H and O–H groups in total. The number of nitrogens with zero attached hydrogens (tertiary/aromatic N) is 2. The molecular weight excluding hydrogens is 247 g/mol. The number of nitriles is 1. The minimum atomic E-state index is -0.931. The van der Waals surface area contributed by atoms with Gasteiger partial charge in [-0.15, -0.1) is 0 Å². The van der Waals surface area contributed by atoms with Crippen molar-refractivity contribution in [2.24, 2.45) is 0 Å². The van der Waals surface area contributed by atoms with Crippen molar-refractivity contribution < 1.29 is 14.3 Å². The summed E-state index contributed by atoms with van der Waals surface area (Å²) in [6, 6.07) is 7.93. The minimum Gasteiger partial charge on any atom is -0.465 e. The number of hydrogen-bond donors (Lipinski definition) is 1. The highest BCUT2D eigenvalue weighted by atomic mass is 19.1. The number of rotatable bonds is 1. The zero-order valence-corrected chi connectivity index (χ0v) is 10.3. The van der Waals surface area contributed by atoms with Crippen molar-refractivity contribution in [3.8, 4) is 6.07 Å². The van der Waals surface area contributed by atoms with Gasteiger partial charge in [0.1, 0.15) is 5.82 Å². The molecule has 0 radical (unpaired) electrons. The summed E-state index contributed by atoms with van der Waals surface area (Å²) in [6.45, 7) is 0.800. The largest absolute Gasteiger partial charge is 0.465 e. The first-order valence-corrected chi connectivity index (χ1v) is 5.97. The summed E-state index contributed by atoms with van der Waals surface area (Å²) < 4.78 is 12.9. The fourth-order valence-corrected chi connectivity index (χ4v) is 2.18. The van der Waals surface area contributed by atoms with Crippen LogP contribution in [0.5, 0.6) is 0 Å². The molecule has 0 aromatic heterocycles. The Morgan fingerprint density at radius 3 is 2.32 bits per heavy atom. The molecule has 1 aliphatic rings. The number of halogens is 1. The van der Waals surface area contributed by atoms with Crippen LogP contribution in [-0.4, -0.2) is 29.2 Å². The standard InChI is InChI=1S/C14H13FN2O2/c15-12-3-1-10(2-4-12)13(9-16)11-5-7-17(8-6-11)14(18)19/h1-4H,5-8H2,(H,18,19). The topological polar surface area (TPSA) is 64.3 Å². The van der Waals surface area contributed by atoms with Crippen LogP contribution in [0.4, 0.5) is 9.18 Å². The first-order chi connectivity index (χ1) is 9.11. The molecule has 0 saturated carbocycles. The lowest BCUT2D eigenvalue weighted by atomic mass is 9.94. The second-order valence-corrected chi connectivity index (χ2v) is 4.37. The van der Waals surface area contributed by atoms with E-state index in [-0.39, 0.29) is 5.82 Å². The van der Waals surface area contributed by atoms with Crippen LogP contribution in [-0.2, 0) is 0 Å². The molecule has 1 aromatic carbocycles. The van der Waals surface area contributed by atoms with E-state index in [2.05, 4.69) is 6.07 Å². The molecule has 0 spiro atoms. The fraction of sp³-hybridized carbons (Fsp3) is 0.286. The number of likely N-dealkylation sites (tertiary alicyclic amines) is 1. The third kappa shape index (κ3) is 2.91. The zero-order valence-electron chi connectivity index (χ0n) is 10.3. The summed E-state index contributed by atoms with van der Waals surface area (Å²) in [6.07, 6.45) is 0.165. The van der Waals surface area contributed by atoms with Gasteiger partial charge in [0.25, 0.3) is 0 Å². The number of carboxylic acid groups (broad SMARTS) is 1. The number of benzene rings is 1. The molecule has 19 heavy (non-hydrogen) atoms. The van der Waals surface area contributed by atoms with E-state index in [0.29, 0.717) is 37.1 Å². The Morgan fingerprint density at radius 2 is 1.84 bits per heavy atom. The smallest absolute Gasteiger partial charge is 0.407 e. The fourth-order valence-electron chi connectivity index (χ4n) is 2.18. The Hall–Kier alpha value is -2.35. The monoisotopic (exact) mass is 260 g/mol. The van der Waals surface area contributed by atoms with Crippen molar-refractivity contribution in [1.29, 1.82) is 5.26 Å². The summed E-state index contributed by atoms with van der Waals surface area (Å²) >= 11 is 0. The van der Waals surface area contributed by atoms with Crippen LogP contribution in [0, 0.1) is 17.1 Å². The molecule has 2 rings (SSSR count). The van der Waals surface area contributed by atoms with E-state index in [4.69, 9.17) is 5.11 Å². The number of carbonyl (C=O) groups is 1. The molecule has 1 aliphatic heterocycles. The number of amides is 1. The van der Waals surface area contributed by atoms with Gasteiger partial charge in [0.05, 0.1) is 11.6 Å². The third-order valence-corrected chi connectivity index (χ3v) is 3.24. The van der Waals surface area contributed by atoms with Crippen LogP contribution >= 0.6 is 0 Å². The molecule has 0 bridgehead atoms.